The summed E-state index contributed by atoms with van der Waals surface area (Å²) >= 11 is 0. The van der Waals surface area contributed by atoms with Gasteiger partial charge in [-0.2, -0.15) is 0 Å². The summed E-state index contributed by atoms with van der Waals surface area (Å²) in [4.78, 5) is 2.40. The van der Waals surface area contributed by atoms with Crippen LogP contribution in [0, 0.1) is 0 Å². The van der Waals surface area contributed by atoms with Crippen LogP contribution in [0.5, 0.6) is 0 Å². The fourth-order valence-corrected chi connectivity index (χ4v) is 1.76. The number of hydrogen-bond acceptors (Lipinski definition) is 3. The van der Waals surface area contributed by atoms with Crippen LogP contribution in [0.4, 0.5) is 0 Å². The van der Waals surface area contributed by atoms with Crippen LogP contribution in [-0.4, -0.2) is 45.4 Å². The molecule has 0 amide bonds. The van der Waals surface area contributed by atoms with E-state index in [-0.39, 0.29) is 0 Å². The van der Waals surface area contributed by atoms with E-state index in [1.165, 1.54) is 5.56 Å². The van der Waals surface area contributed by atoms with Crippen LogP contribution in [0.3, 0.4) is 0 Å². The predicted octanol–water partition coefficient (Wildman–Crippen LogP) is 2.17. The first kappa shape index (κ1) is 14.2. The molecule has 3 heteroatoms. The highest BCUT2D eigenvalue weighted by Gasteiger charge is 2.05. The van der Waals surface area contributed by atoms with Gasteiger partial charge in [0.2, 0.25) is 0 Å². The standard InChI is InChI=1S/C14H23NO2/c1-16-11-6-9-15(10-12-17-2)13-14-7-4-3-5-8-14/h3-5,7-8H,6,9-13H2,1-2H3. The average molecular weight is 237 g/mol. The third-order valence-electron chi connectivity index (χ3n) is 2.68. The van der Waals surface area contributed by atoms with Crippen LogP contribution in [0.1, 0.15) is 12.0 Å². The van der Waals surface area contributed by atoms with Crippen molar-refractivity contribution in [3.8, 4) is 0 Å². The third kappa shape index (κ3) is 6.41. The summed E-state index contributed by atoms with van der Waals surface area (Å²) in [7, 11) is 3.49. The largest absolute Gasteiger partial charge is 0.385 e. The van der Waals surface area contributed by atoms with Crippen LogP contribution < -0.4 is 0 Å². The van der Waals surface area contributed by atoms with Gasteiger partial charge in [0, 0.05) is 40.5 Å². The molecule has 1 rings (SSSR count). The average Bonchev–Trinajstić information content (AvgIpc) is 2.37. The first-order chi connectivity index (χ1) is 8.36. The molecular weight excluding hydrogens is 214 g/mol. The fourth-order valence-electron chi connectivity index (χ4n) is 1.76. The van der Waals surface area contributed by atoms with E-state index in [4.69, 9.17) is 9.47 Å². The van der Waals surface area contributed by atoms with E-state index >= 15 is 0 Å². The molecule has 1 aromatic rings. The maximum atomic E-state index is 5.14. The second-order valence-corrected chi connectivity index (χ2v) is 4.10. The van der Waals surface area contributed by atoms with Crippen molar-refractivity contribution in [2.75, 3.05) is 40.5 Å². The minimum atomic E-state index is 0.778. The molecule has 0 heterocycles. The van der Waals surface area contributed by atoms with Gasteiger partial charge in [-0.3, -0.25) is 4.90 Å². The number of methoxy groups -OCH3 is 2. The zero-order valence-electron chi connectivity index (χ0n) is 10.9. The lowest BCUT2D eigenvalue weighted by molar-refractivity contribution is 0.129. The first-order valence-corrected chi connectivity index (χ1v) is 6.11. The van der Waals surface area contributed by atoms with Crippen LogP contribution in [0.2, 0.25) is 0 Å². The number of benzene rings is 1. The Kier molecular flexibility index (Phi) is 7.63. The number of rotatable bonds is 9. The van der Waals surface area contributed by atoms with Crippen molar-refractivity contribution in [3.63, 3.8) is 0 Å². The lowest BCUT2D eigenvalue weighted by Gasteiger charge is -2.21. The lowest BCUT2D eigenvalue weighted by Crippen LogP contribution is -2.28. The van der Waals surface area contributed by atoms with Gasteiger partial charge in [-0.15, -0.1) is 0 Å². The quantitative estimate of drug-likeness (QED) is 0.614. The number of nitrogens with zero attached hydrogens (tertiary/aromatic N) is 1. The second-order valence-electron chi connectivity index (χ2n) is 4.10. The van der Waals surface area contributed by atoms with Gasteiger partial charge < -0.3 is 9.47 Å². The molecule has 96 valence electrons. The topological polar surface area (TPSA) is 21.7 Å². The molecule has 0 atom stereocenters. The van der Waals surface area contributed by atoms with Crippen molar-refractivity contribution < 1.29 is 9.47 Å². The molecule has 0 saturated carbocycles. The van der Waals surface area contributed by atoms with Gasteiger partial charge in [0.15, 0.2) is 0 Å². The Morgan fingerprint density at radius 3 is 2.29 bits per heavy atom. The Hall–Kier alpha value is -0.900. The SMILES string of the molecule is COCCCN(CCOC)Cc1ccccc1. The summed E-state index contributed by atoms with van der Waals surface area (Å²) in [6, 6.07) is 10.5. The van der Waals surface area contributed by atoms with Crippen molar-refractivity contribution in [1.29, 1.82) is 0 Å². The maximum Gasteiger partial charge on any atom is 0.0589 e. The minimum absolute atomic E-state index is 0.778. The van der Waals surface area contributed by atoms with E-state index < -0.39 is 0 Å². The normalized spacial score (nSPS) is 11.0. The Morgan fingerprint density at radius 1 is 0.941 bits per heavy atom. The molecule has 0 saturated heterocycles. The molecule has 0 aliphatic heterocycles. The summed E-state index contributed by atoms with van der Waals surface area (Å²) in [6.45, 7) is 4.59. The highest BCUT2D eigenvalue weighted by molar-refractivity contribution is 5.14. The van der Waals surface area contributed by atoms with Crippen LogP contribution >= 0.6 is 0 Å². The van der Waals surface area contributed by atoms with Gasteiger partial charge in [-0.25, -0.2) is 0 Å². The van der Waals surface area contributed by atoms with Gasteiger partial charge in [0.05, 0.1) is 6.61 Å². The van der Waals surface area contributed by atoms with Crippen molar-refractivity contribution >= 4 is 0 Å². The highest BCUT2D eigenvalue weighted by atomic mass is 16.5. The van der Waals surface area contributed by atoms with E-state index in [2.05, 4.69) is 29.2 Å². The molecule has 0 unspecified atom stereocenters. The summed E-state index contributed by atoms with van der Waals surface area (Å²) in [5.74, 6) is 0. The van der Waals surface area contributed by atoms with Gasteiger partial charge in [0.25, 0.3) is 0 Å². The molecule has 1 aromatic carbocycles. The second kappa shape index (κ2) is 9.16. The molecule has 0 spiro atoms. The Labute approximate surface area is 104 Å². The summed E-state index contributed by atoms with van der Waals surface area (Å²) in [5.41, 5.74) is 1.35. The maximum absolute atomic E-state index is 5.14. The lowest BCUT2D eigenvalue weighted by atomic mass is 10.2. The summed E-state index contributed by atoms with van der Waals surface area (Å²) in [5, 5.41) is 0. The summed E-state index contributed by atoms with van der Waals surface area (Å²) < 4.78 is 10.2. The van der Waals surface area contributed by atoms with Crippen molar-refractivity contribution in [3.05, 3.63) is 35.9 Å². The monoisotopic (exact) mass is 237 g/mol. The molecule has 17 heavy (non-hydrogen) atoms. The molecule has 0 radical (unpaired) electrons. The molecule has 0 fully saturated rings. The van der Waals surface area contributed by atoms with E-state index in [9.17, 15) is 0 Å². The van der Waals surface area contributed by atoms with Crippen molar-refractivity contribution in [1.82, 2.24) is 4.90 Å². The highest BCUT2D eigenvalue weighted by Crippen LogP contribution is 2.05. The molecule has 3 nitrogen and oxygen atoms in total. The number of ether oxygens (including phenoxy) is 2. The smallest absolute Gasteiger partial charge is 0.0589 e. The first-order valence-electron chi connectivity index (χ1n) is 6.11. The Bertz CT molecular complexity index is 277. The van der Waals surface area contributed by atoms with E-state index in [1.54, 1.807) is 14.2 Å². The molecule has 0 bridgehead atoms. The van der Waals surface area contributed by atoms with E-state index in [0.717, 1.165) is 39.3 Å². The zero-order valence-corrected chi connectivity index (χ0v) is 10.9. The summed E-state index contributed by atoms with van der Waals surface area (Å²) in [6.07, 6.45) is 1.06. The van der Waals surface area contributed by atoms with E-state index in [1.807, 2.05) is 6.07 Å². The predicted molar refractivity (Wildman–Crippen MR) is 70.1 cm³/mol. The van der Waals surface area contributed by atoms with Crippen molar-refractivity contribution in [2.24, 2.45) is 0 Å². The van der Waals surface area contributed by atoms with Crippen LogP contribution in [-0.2, 0) is 16.0 Å². The third-order valence-corrected chi connectivity index (χ3v) is 2.68. The molecule has 0 N–H and O–H groups in total. The van der Waals surface area contributed by atoms with Gasteiger partial charge in [-0.05, 0) is 12.0 Å². The molecule has 0 aromatic heterocycles. The minimum Gasteiger partial charge on any atom is -0.385 e. The van der Waals surface area contributed by atoms with Crippen molar-refractivity contribution in [2.45, 2.75) is 13.0 Å². The zero-order chi connectivity index (χ0) is 12.3. The van der Waals surface area contributed by atoms with Crippen LogP contribution in [0.25, 0.3) is 0 Å². The van der Waals surface area contributed by atoms with E-state index in [0.29, 0.717) is 0 Å². The molecule has 0 aliphatic rings. The van der Waals surface area contributed by atoms with Gasteiger partial charge in [-0.1, -0.05) is 30.3 Å². The van der Waals surface area contributed by atoms with Gasteiger partial charge in [0.1, 0.15) is 0 Å². The fraction of sp³-hybridized carbons (Fsp3) is 0.571. The molecule has 0 aliphatic carbocycles. The Morgan fingerprint density at radius 2 is 1.65 bits per heavy atom. The van der Waals surface area contributed by atoms with Crippen LogP contribution in [0.15, 0.2) is 30.3 Å². The van der Waals surface area contributed by atoms with Gasteiger partial charge >= 0.3 is 0 Å². The number of hydrogen-bond donors (Lipinski definition) is 0. The molecular formula is C14H23NO2. The Balaban J connectivity index is 2.39.